The summed E-state index contributed by atoms with van der Waals surface area (Å²) in [5.41, 5.74) is 5.86. The van der Waals surface area contributed by atoms with Gasteiger partial charge in [0, 0.05) is 6.07 Å². The smallest absolute Gasteiger partial charge is 0.168 e. The molecule has 0 heterocycles. The van der Waals surface area contributed by atoms with E-state index < -0.39 is 11.6 Å². The molecule has 0 aliphatic rings. The number of nitrogens with two attached hydrogens (primary N) is 1. The molecule has 0 saturated heterocycles. The third-order valence-electron chi connectivity index (χ3n) is 2.13. The molecule has 0 atom stereocenters. The minimum absolute atomic E-state index is 0.111. The van der Waals surface area contributed by atoms with Crippen molar-refractivity contribution >= 4 is 17.3 Å². The Kier molecular flexibility index (Phi) is 3.15. The van der Waals surface area contributed by atoms with Crippen LogP contribution >= 0.6 is 11.6 Å². The number of nitrogen functional groups attached to an aromatic ring is 1. The van der Waals surface area contributed by atoms with Crippen LogP contribution in [0, 0.1) is 11.6 Å². The number of hydrogen-bond acceptors (Lipinski definition) is 2. The Morgan fingerprint density at radius 3 is 2.53 bits per heavy atom. The van der Waals surface area contributed by atoms with E-state index in [1.165, 1.54) is 6.07 Å². The molecule has 0 bridgehead atoms. The molecule has 0 fully saturated rings. The molecule has 0 saturated carbocycles. The summed E-state index contributed by atoms with van der Waals surface area (Å²) in [6.07, 6.45) is 0. The zero-order valence-electron chi connectivity index (χ0n) is 8.58. The monoisotopic (exact) mass is 255 g/mol. The molecule has 0 spiro atoms. The summed E-state index contributed by atoms with van der Waals surface area (Å²) in [5, 5.41) is 0.310. The van der Waals surface area contributed by atoms with Gasteiger partial charge in [0.1, 0.15) is 5.82 Å². The van der Waals surface area contributed by atoms with E-state index in [0.717, 1.165) is 12.1 Å². The van der Waals surface area contributed by atoms with Gasteiger partial charge in [-0.2, -0.15) is 0 Å². The molecule has 88 valence electrons. The van der Waals surface area contributed by atoms with Gasteiger partial charge < -0.3 is 10.5 Å². The molecular formula is C12H8ClF2NO. The maximum atomic E-state index is 13.3. The molecule has 0 aliphatic carbocycles. The zero-order valence-corrected chi connectivity index (χ0v) is 9.34. The van der Waals surface area contributed by atoms with Crippen molar-refractivity contribution < 1.29 is 13.5 Å². The third kappa shape index (κ3) is 2.47. The normalized spacial score (nSPS) is 10.3. The van der Waals surface area contributed by atoms with Gasteiger partial charge in [-0.05, 0) is 24.3 Å². The van der Waals surface area contributed by atoms with Gasteiger partial charge in [0.15, 0.2) is 17.3 Å². The van der Waals surface area contributed by atoms with Gasteiger partial charge in [-0.25, -0.2) is 8.78 Å². The van der Waals surface area contributed by atoms with Crippen molar-refractivity contribution in [2.75, 3.05) is 5.73 Å². The molecule has 0 radical (unpaired) electrons. The first-order valence-electron chi connectivity index (χ1n) is 4.75. The second-order valence-corrected chi connectivity index (χ2v) is 3.74. The Labute approximate surface area is 102 Å². The number of para-hydroxylation sites is 1. The topological polar surface area (TPSA) is 35.2 Å². The first kappa shape index (κ1) is 11.7. The summed E-state index contributed by atoms with van der Waals surface area (Å²) < 4.78 is 31.2. The average Bonchev–Trinajstić information content (AvgIpc) is 2.28. The van der Waals surface area contributed by atoms with Crippen LogP contribution in [0.25, 0.3) is 0 Å². The predicted molar refractivity (Wildman–Crippen MR) is 62.3 cm³/mol. The standard InChI is InChI=1S/C12H8ClF2NO/c13-8-2-1-3-11(12(8)16)17-10-5-4-7(14)6-9(10)15/h1-6H,16H2. The van der Waals surface area contributed by atoms with Crippen LogP contribution in [0.4, 0.5) is 14.5 Å². The molecule has 2 aromatic rings. The lowest BCUT2D eigenvalue weighted by molar-refractivity contribution is 0.439. The number of halogens is 3. The SMILES string of the molecule is Nc1c(Cl)cccc1Oc1ccc(F)cc1F. The molecular weight excluding hydrogens is 248 g/mol. The molecule has 0 aromatic heterocycles. The van der Waals surface area contributed by atoms with Crippen molar-refractivity contribution in [3.05, 3.63) is 53.1 Å². The molecule has 0 amide bonds. The van der Waals surface area contributed by atoms with Gasteiger partial charge in [-0.1, -0.05) is 17.7 Å². The number of anilines is 1. The summed E-state index contributed by atoms with van der Waals surface area (Å²) in [6.45, 7) is 0. The molecule has 2 N–H and O–H groups in total. The van der Waals surface area contributed by atoms with Crippen LogP contribution in [0.1, 0.15) is 0 Å². The highest BCUT2D eigenvalue weighted by Gasteiger charge is 2.09. The first-order chi connectivity index (χ1) is 8.08. The second-order valence-electron chi connectivity index (χ2n) is 3.33. The summed E-state index contributed by atoms with van der Waals surface area (Å²) >= 11 is 5.79. The lowest BCUT2D eigenvalue weighted by Crippen LogP contribution is -1.94. The first-order valence-corrected chi connectivity index (χ1v) is 5.12. The summed E-state index contributed by atoms with van der Waals surface area (Å²) in [4.78, 5) is 0. The molecule has 2 aromatic carbocycles. The minimum Gasteiger partial charge on any atom is -0.452 e. The Morgan fingerprint density at radius 2 is 1.82 bits per heavy atom. The van der Waals surface area contributed by atoms with Crippen LogP contribution in [-0.4, -0.2) is 0 Å². The van der Waals surface area contributed by atoms with Crippen molar-refractivity contribution in [3.8, 4) is 11.5 Å². The van der Waals surface area contributed by atoms with E-state index in [-0.39, 0.29) is 17.2 Å². The van der Waals surface area contributed by atoms with Crippen molar-refractivity contribution in [2.45, 2.75) is 0 Å². The number of benzene rings is 2. The van der Waals surface area contributed by atoms with E-state index in [1.54, 1.807) is 18.2 Å². The van der Waals surface area contributed by atoms with E-state index in [4.69, 9.17) is 22.1 Å². The summed E-state index contributed by atoms with van der Waals surface area (Å²) in [5.74, 6) is -1.36. The van der Waals surface area contributed by atoms with Gasteiger partial charge in [0.25, 0.3) is 0 Å². The molecule has 2 nitrogen and oxygen atoms in total. The molecule has 5 heteroatoms. The molecule has 0 unspecified atom stereocenters. The van der Waals surface area contributed by atoms with E-state index in [0.29, 0.717) is 5.02 Å². The van der Waals surface area contributed by atoms with Crippen molar-refractivity contribution in [3.63, 3.8) is 0 Å². The van der Waals surface area contributed by atoms with Crippen LogP contribution in [-0.2, 0) is 0 Å². The highest BCUT2D eigenvalue weighted by Crippen LogP contribution is 2.33. The molecule has 17 heavy (non-hydrogen) atoms. The summed E-state index contributed by atoms with van der Waals surface area (Å²) in [7, 11) is 0. The van der Waals surface area contributed by atoms with E-state index >= 15 is 0 Å². The second kappa shape index (κ2) is 4.59. The summed E-state index contributed by atoms with van der Waals surface area (Å²) in [6, 6.07) is 7.77. The Balaban J connectivity index is 2.35. The maximum Gasteiger partial charge on any atom is 0.168 e. The molecule has 2 rings (SSSR count). The van der Waals surface area contributed by atoms with Crippen LogP contribution in [0.15, 0.2) is 36.4 Å². The van der Waals surface area contributed by atoms with Crippen molar-refractivity contribution in [1.82, 2.24) is 0 Å². The van der Waals surface area contributed by atoms with Gasteiger partial charge in [-0.3, -0.25) is 0 Å². The van der Waals surface area contributed by atoms with Crippen LogP contribution < -0.4 is 10.5 Å². The number of ether oxygens (including phenoxy) is 1. The Hall–Kier alpha value is -1.81. The van der Waals surface area contributed by atoms with Gasteiger partial charge in [-0.15, -0.1) is 0 Å². The minimum atomic E-state index is -0.802. The van der Waals surface area contributed by atoms with Gasteiger partial charge in [0.2, 0.25) is 0 Å². The maximum absolute atomic E-state index is 13.3. The van der Waals surface area contributed by atoms with Crippen molar-refractivity contribution in [1.29, 1.82) is 0 Å². The zero-order chi connectivity index (χ0) is 12.4. The fourth-order valence-electron chi connectivity index (χ4n) is 1.28. The fraction of sp³-hybridized carbons (Fsp3) is 0. The van der Waals surface area contributed by atoms with Crippen LogP contribution in [0.3, 0.4) is 0 Å². The fourth-order valence-corrected chi connectivity index (χ4v) is 1.45. The lowest BCUT2D eigenvalue weighted by Gasteiger charge is -2.09. The Bertz CT molecular complexity index is 560. The Morgan fingerprint density at radius 1 is 1.06 bits per heavy atom. The van der Waals surface area contributed by atoms with Crippen LogP contribution in [0.2, 0.25) is 5.02 Å². The predicted octanol–water partition coefficient (Wildman–Crippen LogP) is 3.99. The van der Waals surface area contributed by atoms with Gasteiger partial charge >= 0.3 is 0 Å². The van der Waals surface area contributed by atoms with Crippen LogP contribution in [0.5, 0.6) is 11.5 Å². The largest absolute Gasteiger partial charge is 0.452 e. The van der Waals surface area contributed by atoms with E-state index in [9.17, 15) is 8.78 Å². The van der Waals surface area contributed by atoms with Gasteiger partial charge in [0.05, 0.1) is 10.7 Å². The quantitative estimate of drug-likeness (QED) is 0.824. The number of hydrogen-bond donors (Lipinski definition) is 1. The van der Waals surface area contributed by atoms with Crippen molar-refractivity contribution in [2.24, 2.45) is 0 Å². The highest BCUT2D eigenvalue weighted by molar-refractivity contribution is 6.33. The third-order valence-corrected chi connectivity index (χ3v) is 2.46. The number of rotatable bonds is 2. The molecule has 0 aliphatic heterocycles. The highest BCUT2D eigenvalue weighted by atomic mass is 35.5. The average molecular weight is 256 g/mol. The lowest BCUT2D eigenvalue weighted by atomic mass is 10.3. The van der Waals surface area contributed by atoms with E-state index in [1.807, 2.05) is 0 Å². The van der Waals surface area contributed by atoms with E-state index in [2.05, 4.69) is 0 Å².